The highest BCUT2D eigenvalue weighted by atomic mass is 127. The van der Waals surface area contributed by atoms with Crippen LogP contribution in [0.4, 0.5) is 5.69 Å². The van der Waals surface area contributed by atoms with E-state index in [1.54, 1.807) is 23.6 Å². The number of carboxylic acid groups (broad SMARTS) is 1. The van der Waals surface area contributed by atoms with Crippen molar-refractivity contribution in [1.82, 2.24) is 0 Å². The Bertz CT molecular complexity index is 592. The molecule has 0 saturated carbocycles. The summed E-state index contributed by atoms with van der Waals surface area (Å²) in [6.45, 7) is 0. The molecular weight excluding hydrogens is 365 g/mol. The summed E-state index contributed by atoms with van der Waals surface area (Å²) in [6, 6.07) is 8.62. The molecule has 2 N–H and O–H groups in total. The Morgan fingerprint density at radius 1 is 1.17 bits per heavy atom. The van der Waals surface area contributed by atoms with E-state index in [-0.39, 0.29) is 10.8 Å². The SMILES string of the molecule is O=C(Nc1ccsc1C(=O)O)c1ccc(I)cc1. The number of anilines is 1. The van der Waals surface area contributed by atoms with Crippen molar-refractivity contribution in [3.63, 3.8) is 0 Å². The quantitative estimate of drug-likeness (QED) is 0.812. The molecule has 0 saturated heterocycles. The predicted octanol–water partition coefficient (Wildman–Crippen LogP) is 3.30. The Morgan fingerprint density at radius 3 is 2.44 bits per heavy atom. The number of nitrogens with one attached hydrogen (secondary N) is 1. The Kier molecular flexibility index (Phi) is 3.97. The number of benzene rings is 1. The zero-order valence-electron chi connectivity index (χ0n) is 9.01. The van der Waals surface area contributed by atoms with Gasteiger partial charge in [0, 0.05) is 9.13 Å². The Balaban J connectivity index is 2.19. The van der Waals surface area contributed by atoms with Gasteiger partial charge < -0.3 is 10.4 Å². The summed E-state index contributed by atoms with van der Waals surface area (Å²) in [6.07, 6.45) is 0. The zero-order chi connectivity index (χ0) is 13.1. The van der Waals surface area contributed by atoms with E-state index >= 15 is 0 Å². The van der Waals surface area contributed by atoms with Gasteiger partial charge >= 0.3 is 5.97 Å². The van der Waals surface area contributed by atoms with Crippen molar-refractivity contribution in [2.75, 3.05) is 5.32 Å². The van der Waals surface area contributed by atoms with Crippen LogP contribution in [0.1, 0.15) is 20.0 Å². The molecule has 2 aromatic rings. The van der Waals surface area contributed by atoms with E-state index in [2.05, 4.69) is 27.9 Å². The number of thiophene rings is 1. The zero-order valence-corrected chi connectivity index (χ0v) is 12.0. The Labute approximate surface area is 121 Å². The van der Waals surface area contributed by atoms with Gasteiger partial charge in [0.1, 0.15) is 4.88 Å². The van der Waals surface area contributed by atoms with Crippen LogP contribution >= 0.6 is 33.9 Å². The maximum Gasteiger partial charge on any atom is 0.348 e. The third kappa shape index (κ3) is 2.88. The molecule has 1 aromatic carbocycles. The smallest absolute Gasteiger partial charge is 0.348 e. The molecule has 18 heavy (non-hydrogen) atoms. The summed E-state index contributed by atoms with van der Waals surface area (Å²) < 4.78 is 1.03. The second-order valence-electron chi connectivity index (χ2n) is 3.43. The monoisotopic (exact) mass is 373 g/mol. The summed E-state index contributed by atoms with van der Waals surface area (Å²) in [5.74, 6) is -1.35. The maximum absolute atomic E-state index is 11.9. The number of hydrogen-bond acceptors (Lipinski definition) is 3. The van der Waals surface area contributed by atoms with Crippen LogP contribution in [-0.2, 0) is 0 Å². The standard InChI is InChI=1S/C12H8INO3S/c13-8-3-1-7(2-4-8)11(15)14-9-5-6-18-10(9)12(16)17/h1-6H,(H,14,15)(H,16,17). The fourth-order valence-electron chi connectivity index (χ4n) is 1.37. The lowest BCUT2D eigenvalue weighted by molar-refractivity contribution is 0.0703. The second kappa shape index (κ2) is 5.49. The van der Waals surface area contributed by atoms with Crippen molar-refractivity contribution in [1.29, 1.82) is 0 Å². The van der Waals surface area contributed by atoms with E-state index in [0.29, 0.717) is 11.3 Å². The van der Waals surface area contributed by atoms with Crippen molar-refractivity contribution in [3.8, 4) is 0 Å². The molecular formula is C12H8INO3S. The molecule has 1 amide bonds. The number of halogens is 1. The van der Waals surface area contributed by atoms with Gasteiger partial charge in [0.2, 0.25) is 0 Å². The minimum Gasteiger partial charge on any atom is -0.477 e. The lowest BCUT2D eigenvalue weighted by Gasteiger charge is -2.04. The average Bonchev–Trinajstić information content (AvgIpc) is 2.78. The first-order valence-corrected chi connectivity index (χ1v) is 6.91. The van der Waals surface area contributed by atoms with Crippen molar-refractivity contribution in [2.45, 2.75) is 0 Å². The number of hydrogen-bond donors (Lipinski definition) is 2. The molecule has 0 aliphatic rings. The lowest BCUT2D eigenvalue weighted by atomic mass is 10.2. The molecule has 0 radical (unpaired) electrons. The summed E-state index contributed by atoms with van der Waals surface area (Å²) in [4.78, 5) is 22.9. The van der Waals surface area contributed by atoms with E-state index in [0.717, 1.165) is 14.9 Å². The molecule has 0 spiro atoms. The molecule has 2 rings (SSSR count). The van der Waals surface area contributed by atoms with Gasteiger partial charge in [-0.25, -0.2) is 4.79 Å². The van der Waals surface area contributed by atoms with Gasteiger partial charge in [-0.1, -0.05) is 0 Å². The van der Waals surface area contributed by atoms with Gasteiger partial charge in [-0.05, 0) is 58.3 Å². The van der Waals surface area contributed by atoms with Crippen LogP contribution in [0, 0.1) is 3.57 Å². The Hall–Kier alpha value is -1.41. The highest BCUT2D eigenvalue weighted by Gasteiger charge is 2.14. The summed E-state index contributed by atoms with van der Waals surface area (Å²) in [7, 11) is 0. The first kappa shape index (κ1) is 13.0. The molecule has 6 heteroatoms. The van der Waals surface area contributed by atoms with Gasteiger partial charge in [-0.15, -0.1) is 11.3 Å². The van der Waals surface area contributed by atoms with E-state index in [1.807, 2.05) is 12.1 Å². The molecule has 0 atom stereocenters. The molecule has 4 nitrogen and oxygen atoms in total. The predicted molar refractivity (Wildman–Crippen MR) is 78.4 cm³/mol. The number of aromatic carboxylic acids is 1. The molecule has 0 unspecified atom stereocenters. The van der Waals surface area contributed by atoms with Crippen molar-refractivity contribution >= 4 is 51.5 Å². The molecule has 92 valence electrons. The van der Waals surface area contributed by atoms with Gasteiger partial charge in [-0.3, -0.25) is 4.79 Å². The fraction of sp³-hybridized carbons (Fsp3) is 0. The van der Waals surface area contributed by atoms with Crippen LogP contribution in [0.25, 0.3) is 0 Å². The van der Waals surface area contributed by atoms with Crippen molar-refractivity contribution in [2.24, 2.45) is 0 Å². The van der Waals surface area contributed by atoms with E-state index in [4.69, 9.17) is 5.11 Å². The van der Waals surface area contributed by atoms with E-state index in [1.165, 1.54) is 0 Å². The molecule has 1 aromatic heterocycles. The summed E-state index contributed by atoms with van der Waals surface area (Å²) in [5, 5.41) is 13.2. The van der Waals surface area contributed by atoms with Crippen LogP contribution in [0.2, 0.25) is 0 Å². The highest BCUT2D eigenvalue weighted by molar-refractivity contribution is 14.1. The van der Waals surface area contributed by atoms with E-state index < -0.39 is 5.97 Å². The minimum absolute atomic E-state index is 0.133. The molecule has 0 aliphatic carbocycles. The minimum atomic E-state index is -1.04. The lowest BCUT2D eigenvalue weighted by Crippen LogP contribution is -2.13. The largest absolute Gasteiger partial charge is 0.477 e. The van der Waals surface area contributed by atoms with Gasteiger partial charge in [-0.2, -0.15) is 0 Å². The first-order valence-electron chi connectivity index (χ1n) is 4.95. The second-order valence-corrected chi connectivity index (χ2v) is 5.59. The number of rotatable bonds is 3. The van der Waals surface area contributed by atoms with Gasteiger partial charge in [0.15, 0.2) is 0 Å². The van der Waals surface area contributed by atoms with Crippen LogP contribution in [0.3, 0.4) is 0 Å². The third-order valence-corrected chi connectivity index (χ3v) is 3.84. The fourth-order valence-corrected chi connectivity index (χ4v) is 2.42. The normalized spacial score (nSPS) is 10.1. The molecule has 0 aliphatic heterocycles. The number of amides is 1. The van der Waals surface area contributed by atoms with Crippen LogP contribution in [-0.4, -0.2) is 17.0 Å². The molecule has 0 fully saturated rings. The van der Waals surface area contributed by atoms with Crippen LogP contribution < -0.4 is 5.32 Å². The summed E-state index contributed by atoms with van der Waals surface area (Å²) >= 11 is 3.23. The number of carbonyl (C=O) groups excluding carboxylic acids is 1. The highest BCUT2D eigenvalue weighted by Crippen LogP contribution is 2.22. The van der Waals surface area contributed by atoms with Gasteiger partial charge in [0.05, 0.1) is 5.69 Å². The van der Waals surface area contributed by atoms with Crippen LogP contribution in [0.5, 0.6) is 0 Å². The van der Waals surface area contributed by atoms with Gasteiger partial charge in [0.25, 0.3) is 5.91 Å². The Morgan fingerprint density at radius 2 is 1.83 bits per heavy atom. The molecule has 1 heterocycles. The van der Waals surface area contributed by atoms with Crippen molar-refractivity contribution in [3.05, 3.63) is 49.7 Å². The summed E-state index contributed by atoms with van der Waals surface area (Å²) in [5.41, 5.74) is 0.828. The topological polar surface area (TPSA) is 66.4 Å². The molecule has 0 bridgehead atoms. The number of carbonyl (C=O) groups is 2. The average molecular weight is 373 g/mol. The van der Waals surface area contributed by atoms with Crippen molar-refractivity contribution < 1.29 is 14.7 Å². The number of carboxylic acids is 1. The maximum atomic E-state index is 11.9. The third-order valence-electron chi connectivity index (χ3n) is 2.21. The van der Waals surface area contributed by atoms with Crippen LogP contribution in [0.15, 0.2) is 35.7 Å². The van der Waals surface area contributed by atoms with E-state index in [9.17, 15) is 9.59 Å². The first-order chi connectivity index (χ1) is 8.58.